The zero-order valence-electron chi connectivity index (χ0n) is 7.67. The molecule has 0 aliphatic heterocycles. The van der Waals surface area contributed by atoms with E-state index in [1.807, 2.05) is 0 Å². The molecule has 0 aromatic carbocycles. The lowest BCUT2D eigenvalue weighted by molar-refractivity contribution is 0.620. The van der Waals surface area contributed by atoms with E-state index in [4.69, 9.17) is 0 Å². The normalized spacial score (nSPS) is 13.4. The number of hydrogen-bond donors (Lipinski definition) is 0. The molecule has 0 N–H and O–H groups in total. The number of aromatic nitrogens is 1. The Morgan fingerprint density at radius 3 is 2.73 bits per heavy atom. The van der Waals surface area contributed by atoms with Crippen LogP contribution in [0.2, 0.25) is 0 Å². The first-order chi connectivity index (χ1) is 5.25. The minimum atomic E-state index is 0.708. The Morgan fingerprint density at radius 2 is 2.27 bits per heavy atom. The minimum Gasteiger partial charge on any atom is -0.354 e. The summed E-state index contributed by atoms with van der Waals surface area (Å²) in [4.78, 5) is 0. The van der Waals surface area contributed by atoms with Gasteiger partial charge in [-0.2, -0.15) is 0 Å². The highest BCUT2D eigenvalue weighted by molar-refractivity contribution is 5.11. The van der Waals surface area contributed by atoms with Crippen molar-refractivity contribution in [3.8, 4) is 0 Å². The Bertz CT molecular complexity index is 212. The molecule has 0 bridgehead atoms. The molecule has 0 aliphatic carbocycles. The van der Waals surface area contributed by atoms with Gasteiger partial charge in [-0.05, 0) is 24.5 Å². The van der Waals surface area contributed by atoms with E-state index in [1.165, 1.54) is 18.5 Å². The fourth-order valence-corrected chi connectivity index (χ4v) is 1.57. The molecule has 0 saturated heterocycles. The maximum absolute atomic E-state index is 2.29. The third kappa shape index (κ3) is 1.86. The molecule has 1 aromatic heterocycles. The zero-order valence-corrected chi connectivity index (χ0v) is 7.67. The van der Waals surface area contributed by atoms with E-state index in [-0.39, 0.29) is 0 Å². The lowest BCUT2D eigenvalue weighted by Gasteiger charge is -2.10. The maximum atomic E-state index is 2.29. The first-order valence-electron chi connectivity index (χ1n) is 4.37. The maximum Gasteiger partial charge on any atom is 0.0200 e. The van der Waals surface area contributed by atoms with Crippen molar-refractivity contribution in [1.82, 2.24) is 4.57 Å². The Labute approximate surface area is 69.0 Å². The second-order valence-corrected chi connectivity index (χ2v) is 3.23. The molecule has 1 heteroatoms. The average molecular weight is 151 g/mol. The molecule has 0 saturated carbocycles. The van der Waals surface area contributed by atoms with Crippen LogP contribution in [0.5, 0.6) is 0 Å². The van der Waals surface area contributed by atoms with Gasteiger partial charge in [-0.3, -0.25) is 0 Å². The van der Waals surface area contributed by atoms with Gasteiger partial charge in [0, 0.05) is 18.9 Å². The number of aryl methyl sites for hydroxylation is 1. The van der Waals surface area contributed by atoms with E-state index < -0.39 is 0 Å². The molecule has 1 rings (SSSR count). The van der Waals surface area contributed by atoms with Gasteiger partial charge in [-0.1, -0.05) is 20.3 Å². The summed E-state index contributed by atoms with van der Waals surface area (Å²) in [5, 5.41) is 0. The third-order valence-corrected chi connectivity index (χ3v) is 2.21. The van der Waals surface area contributed by atoms with Gasteiger partial charge in [-0.25, -0.2) is 0 Å². The van der Waals surface area contributed by atoms with Gasteiger partial charge in [0.05, 0.1) is 0 Å². The summed E-state index contributed by atoms with van der Waals surface area (Å²) in [5.74, 6) is 0.708. The molecule has 1 unspecified atom stereocenters. The lowest BCUT2D eigenvalue weighted by atomic mass is 10.0. The van der Waals surface area contributed by atoms with E-state index in [0.717, 1.165) is 0 Å². The van der Waals surface area contributed by atoms with Crippen molar-refractivity contribution < 1.29 is 0 Å². The molecule has 1 atom stereocenters. The lowest BCUT2D eigenvalue weighted by Crippen LogP contribution is -1.99. The second kappa shape index (κ2) is 3.61. The van der Waals surface area contributed by atoms with Gasteiger partial charge in [-0.15, -0.1) is 0 Å². The number of hydrogen-bond acceptors (Lipinski definition) is 0. The summed E-state index contributed by atoms with van der Waals surface area (Å²) in [6.07, 6.45) is 4.67. The van der Waals surface area contributed by atoms with Crippen molar-refractivity contribution in [1.29, 1.82) is 0 Å². The van der Waals surface area contributed by atoms with Gasteiger partial charge in [0.15, 0.2) is 0 Å². The van der Waals surface area contributed by atoms with E-state index in [2.05, 4.69) is 43.8 Å². The van der Waals surface area contributed by atoms with Crippen molar-refractivity contribution in [2.75, 3.05) is 0 Å². The highest BCUT2D eigenvalue weighted by Gasteiger charge is 2.05. The largest absolute Gasteiger partial charge is 0.354 e. The van der Waals surface area contributed by atoms with Crippen LogP contribution in [0.4, 0.5) is 0 Å². The predicted molar refractivity (Wildman–Crippen MR) is 48.7 cm³/mol. The summed E-state index contributed by atoms with van der Waals surface area (Å²) in [6.45, 7) is 4.53. The monoisotopic (exact) mass is 151 g/mol. The van der Waals surface area contributed by atoms with Crippen LogP contribution in [0, 0.1) is 0 Å². The van der Waals surface area contributed by atoms with Crippen LogP contribution in [0.25, 0.3) is 0 Å². The third-order valence-electron chi connectivity index (χ3n) is 2.21. The Kier molecular flexibility index (Phi) is 2.75. The molecule has 0 spiro atoms. The fraction of sp³-hybridized carbons (Fsp3) is 0.600. The van der Waals surface area contributed by atoms with E-state index in [9.17, 15) is 0 Å². The zero-order chi connectivity index (χ0) is 8.27. The first-order valence-corrected chi connectivity index (χ1v) is 4.37. The second-order valence-electron chi connectivity index (χ2n) is 3.23. The van der Waals surface area contributed by atoms with Crippen molar-refractivity contribution in [2.45, 2.75) is 32.6 Å². The fourth-order valence-electron chi connectivity index (χ4n) is 1.57. The van der Waals surface area contributed by atoms with E-state index in [1.54, 1.807) is 0 Å². The summed E-state index contributed by atoms with van der Waals surface area (Å²) in [5.41, 5.74) is 1.45. The molecule has 1 aromatic rings. The predicted octanol–water partition coefficient (Wildman–Crippen LogP) is 2.93. The molecule has 11 heavy (non-hydrogen) atoms. The molecule has 62 valence electrons. The smallest absolute Gasteiger partial charge is 0.0200 e. The number of rotatable bonds is 3. The van der Waals surface area contributed by atoms with E-state index >= 15 is 0 Å². The van der Waals surface area contributed by atoms with Crippen LogP contribution in [0.15, 0.2) is 18.3 Å². The van der Waals surface area contributed by atoms with Gasteiger partial charge >= 0.3 is 0 Å². The standard InChI is InChI=1S/C10H17N/c1-4-6-9(2)10-7-5-8-11(10)3/h5,7-9H,4,6H2,1-3H3. The van der Waals surface area contributed by atoms with Gasteiger partial charge in [0.25, 0.3) is 0 Å². The highest BCUT2D eigenvalue weighted by atomic mass is 14.9. The van der Waals surface area contributed by atoms with Crippen molar-refractivity contribution in [3.05, 3.63) is 24.0 Å². The average Bonchev–Trinajstić information content (AvgIpc) is 2.36. The molecule has 0 radical (unpaired) electrons. The Balaban J connectivity index is 2.67. The van der Waals surface area contributed by atoms with E-state index in [0.29, 0.717) is 5.92 Å². The first kappa shape index (κ1) is 8.38. The molecular formula is C10H17N. The molecule has 0 fully saturated rings. The van der Waals surface area contributed by atoms with Crippen LogP contribution in [-0.4, -0.2) is 4.57 Å². The SMILES string of the molecule is CCCC(C)c1cccn1C. The molecular weight excluding hydrogens is 134 g/mol. The van der Waals surface area contributed by atoms with Crippen LogP contribution in [0.1, 0.15) is 38.3 Å². The quantitative estimate of drug-likeness (QED) is 0.626. The van der Waals surface area contributed by atoms with Crippen molar-refractivity contribution in [2.24, 2.45) is 7.05 Å². The molecule has 0 aliphatic rings. The van der Waals surface area contributed by atoms with Crippen LogP contribution in [0.3, 0.4) is 0 Å². The van der Waals surface area contributed by atoms with Gasteiger partial charge in [0.2, 0.25) is 0 Å². The summed E-state index contributed by atoms with van der Waals surface area (Å²) >= 11 is 0. The molecule has 1 heterocycles. The topological polar surface area (TPSA) is 4.93 Å². The van der Waals surface area contributed by atoms with Crippen molar-refractivity contribution >= 4 is 0 Å². The van der Waals surface area contributed by atoms with Gasteiger partial charge < -0.3 is 4.57 Å². The highest BCUT2D eigenvalue weighted by Crippen LogP contribution is 2.19. The minimum absolute atomic E-state index is 0.708. The Hall–Kier alpha value is -0.720. The van der Waals surface area contributed by atoms with Crippen LogP contribution < -0.4 is 0 Å². The van der Waals surface area contributed by atoms with Crippen LogP contribution in [-0.2, 0) is 7.05 Å². The summed E-state index contributed by atoms with van der Waals surface area (Å²) in [6, 6.07) is 4.32. The van der Waals surface area contributed by atoms with Crippen LogP contribution >= 0.6 is 0 Å². The Morgan fingerprint density at radius 1 is 1.55 bits per heavy atom. The summed E-state index contributed by atoms with van der Waals surface area (Å²) < 4.78 is 2.21. The summed E-state index contributed by atoms with van der Waals surface area (Å²) in [7, 11) is 2.11. The molecule has 0 amide bonds. The number of nitrogens with zero attached hydrogens (tertiary/aromatic N) is 1. The van der Waals surface area contributed by atoms with Crippen molar-refractivity contribution in [3.63, 3.8) is 0 Å². The molecule has 1 nitrogen and oxygen atoms in total. The van der Waals surface area contributed by atoms with Gasteiger partial charge in [0.1, 0.15) is 0 Å².